The van der Waals surface area contributed by atoms with Gasteiger partial charge in [0.2, 0.25) is 5.91 Å². The fourth-order valence-electron chi connectivity index (χ4n) is 2.94. The highest BCUT2D eigenvalue weighted by Gasteiger charge is 2.37. The van der Waals surface area contributed by atoms with Gasteiger partial charge in [-0.1, -0.05) is 34.6 Å². The van der Waals surface area contributed by atoms with E-state index in [0.717, 1.165) is 39.0 Å². The number of carbonyl (C=O) groups is 1. The highest BCUT2D eigenvalue weighted by molar-refractivity contribution is 5.84. The topological polar surface area (TPSA) is 35.6 Å². The molecule has 1 heterocycles. The van der Waals surface area contributed by atoms with E-state index in [1.165, 1.54) is 6.42 Å². The van der Waals surface area contributed by atoms with Crippen molar-refractivity contribution in [3.05, 3.63) is 0 Å². The van der Waals surface area contributed by atoms with Crippen LogP contribution in [0.5, 0.6) is 0 Å². The second-order valence-electron chi connectivity index (χ2n) is 6.24. The highest BCUT2D eigenvalue weighted by Crippen LogP contribution is 2.19. The van der Waals surface area contributed by atoms with Crippen molar-refractivity contribution in [2.24, 2.45) is 5.92 Å². The zero-order valence-corrected chi connectivity index (χ0v) is 14.0. The first-order valence-corrected chi connectivity index (χ1v) is 8.32. The molecule has 1 aliphatic heterocycles. The van der Waals surface area contributed by atoms with Crippen molar-refractivity contribution in [2.45, 2.75) is 66.1 Å². The van der Waals surface area contributed by atoms with E-state index in [4.69, 9.17) is 0 Å². The van der Waals surface area contributed by atoms with E-state index in [2.05, 4.69) is 49.7 Å². The number of hydrogen-bond acceptors (Lipinski definition) is 3. The van der Waals surface area contributed by atoms with Crippen LogP contribution in [0.25, 0.3) is 0 Å². The molecule has 0 aromatic carbocycles. The second-order valence-corrected chi connectivity index (χ2v) is 6.24. The zero-order chi connectivity index (χ0) is 15.1. The molecule has 0 aliphatic carbocycles. The Labute approximate surface area is 124 Å². The second kappa shape index (κ2) is 8.63. The van der Waals surface area contributed by atoms with Gasteiger partial charge in [-0.05, 0) is 38.3 Å². The van der Waals surface area contributed by atoms with Crippen molar-refractivity contribution in [2.75, 3.05) is 26.2 Å². The van der Waals surface area contributed by atoms with Gasteiger partial charge in [-0.25, -0.2) is 0 Å². The SMILES string of the molecule is CCCN(CC)CCN1C(=O)C(CC)NC1CC(C)C. The summed E-state index contributed by atoms with van der Waals surface area (Å²) in [6.45, 7) is 15.0. The van der Waals surface area contributed by atoms with E-state index in [9.17, 15) is 4.79 Å². The summed E-state index contributed by atoms with van der Waals surface area (Å²) in [5, 5.41) is 3.50. The lowest BCUT2D eigenvalue weighted by Gasteiger charge is -2.28. The molecule has 118 valence electrons. The minimum atomic E-state index is 0.0278. The lowest BCUT2D eigenvalue weighted by atomic mass is 10.1. The predicted octanol–water partition coefficient (Wildman–Crippen LogP) is 2.30. The molecule has 4 nitrogen and oxygen atoms in total. The number of rotatable bonds is 9. The van der Waals surface area contributed by atoms with E-state index in [0.29, 0.717) is 11.8 Å². The van der Waals surface area contributed by atoms with E-state index in [1.54, 1.807) is 0 Å². The normalized spacial score (nSPS) is 23.4. The standard InChI is InChI=1S/C16H33N3O/c1-6-9-18(8-3)10-11-19-15(12-13(4)5)17-14(7-2)16(19)20/h13-15,17H,6-12H2,1-5H3. The third-order valence-corrected chi connectivity index (χ3v) is 4.10. The average molecular weight is 283 g/mol. The summed E-state index contributed by atoms with van der Waals surface area (Å²) < 4.78 is 0. The van der Waals surface area contributed by atoms with E-state index in [1.807, 2.05) is 0 Å². The van der Waals surface area contributed by atoms with Crippen LogP contribution in [-0.4, -0.2) is 54.1 Å². The maximum Gasteiger partial charge on any atom is 0.241 e. The monoisotopic (exact) mass is 283 g/mol. The molecule has 0 saturated carbocycles. The van der Waals surface area contributed by atoms with Crippen LogP contribution in [0.2, 0.25) is 0 Å². The average Bonchev–Trinajstić information content (AvgIpc) is 2.70. The number of amides is 1. The molecule has 1 amide bonds. The summed E-state index contributed by atoms with van der Waals surface area (Å²) in [7, 11) is 0. The van der Waals surface area contributed by atoms with Gasteiger partial charge in [0.15, 0.2) is 0 Å². The molecule has 0 aromatic rings. The van der Waals surface area contributed by atoms with Crippen molar-refractivity contribution in [1.29, 1.82) is 0 Å². The quantitative estimate of drug-likeness (QED) is 0.705. The molecule has 1 fully saturated rings. The van der Waals surface area contributed by atoms with Crippen LogP contribution in [-0.2, 0) is 4.79 Å². The molecular formula is C16H33N3O. The van der Waals surface area contributed by atoms with Crippen molar-refractivity contribution in [3.8, 4) is 0 Å². The van der Waals surface area contributed by atoms with Gasteiger partial charge in [0.25, 0.3) is 0 Å². The molecule has 0 bridgehead atoms. The summed E-state index contributed by atoms with van der Waals surface area (Å²) in [5.41, 5.74) is 0. The Hall–Kier alpha value is -0.610. The van der Waals surface area contributed by atoms with E-state index >= 15 is 0 Å². The first-order valence-electron chi connectivity index (χ1n) is 8.32. The van der Waals surface area contributed by atoms with Crippen LogP contribution in [0.3, 0.4) is 0 Å². The van der Waals surface area contributed by atoms with Crippen LogP contribution in [0.15, 0.2) is 0 Å². The minimum Gasteiger partial charge on any atom is -0.325 e. The maximum atomic E-state index is 12.4. The minimum absolute atomic E-state index is 0.0278. The van der Waals surface area contributed by atoms with Crippen molar-refractivity contribution in [1.82, 2.24) is 15.1 Å². The van der Waals surface area contributed by atoms with Crippen LogP contribution in [0.1, 0.15) is 53.9 Å². The van der Waals surface area contributed by atoms with Crippen molar-refractivity contribution < 1.29 is 4.79 Å². The Morgan fingerprint density at radius 2 is 1.95 bits per heavy atom. The molecule has 1 saturated heterocycles. The number of nitrogens with zero attached hydrogens (tertiary/aromatic N) is 2. The molecule has 20 heavy (non-hydrogen) atoms. The molecule has 0 radical (unpaired) electrons. The Kier molecular flexibility index (Phi) is 7.52. The van der Waals surface area contributed by atoms with Crippen molar-refractivity contribution >= 4 is 5.91 Å². The van der Waals surface area contributed by atoms with E-state index < -0.39 is 0 Å². The lowest BCUT2D eigenvalue weighted by molar-refractivity contribution is -0.130. The van der Waals surface area contributed by atoms with Gasteiger partial charge >= 0.3 is 0 Å². The molecule has 4 heteroatoms. The number of hydrogen-bond donors (Lipinski definition) is 1. The zero-order valence-electron chi connectivity index (χ0n) is 14.0. The fourth-order valence-corrected chi connectivity index (χ4v) is 2.94. The molecule has 1 rings (SSSR count). The first-order chi connectivity index (χ1) is 9.53. The number of nitrogens with one attached hydrogen (secondary N) is 1. The van der Waals surface area contributed by atoms with Crippen LogP contribution >= 0.6 is 0 Å². The molecular weight excluding hydrogens is 250 g/mol. The van der Waals surface area contributed by atoms with Crippen LogP contribution in [0, 0.1) is 5.92 Å². The summed E-state index contributed by atoms with van der Waals surface area (Å²) in [6.07, 6.45) is 3.33. The highest BCUT2D eigenvalue weighted by atomic mass is 16.2. The maximum absolute atomic E-state index is 12.4. The fraction of sp³-hybridized carbons (Fsp3) is 0.938. The van der Waals surface area contributed by atoms with Gasteiger partial charge in [0.1, 0.15) is 0 Å². The Balaban J connectivity index is 2.60. The molecule has 0 spiro atoms. The van der Waals surface area contributed by atoms with E-state index in [-0.39, 0.29) is 12.2 Å². The van der Waals surface area contributed by atoms with Gasteiger partial charge in [0, 0.05) is 13.1 Å². The molecule has 2 unspecified atom stereocenters. The largest absolute Gasteiger partial charge is 0.325 e. The van der Waals surface area contributed by atoms with Gasteiger partial charge in [-0.15, -0.1) is 0 Å². The van der Waals surface area contributed by atoms with Crippen LogP contribution < -0.4 is 5.32 Å². The third-order valence-electron chi connectivity index (χ3n) is 4.10. The van der Waals surface area contributed by atoms with Crippen molar-refractivity contribution in [3.63, 3.8) is 0 Å². The number of carbonyl (C=O) groups excluding carboxylic acids is 1. The summed E-state index contributed by atoms with van der Waals surface area (Å²) >= 11 is 0. The third kappa shape index (κ3) is 4.74. The van der Waals surface area contributed by atoms with Gasteiger partial charge in [-0.3, -0.25) is 10.1 Å². The van der Waals surface area contributed by atoms with Gasteiger partial charge in [0.05, 0.1) is 12.2 Å². The first kappa shape index (κ1) is 17.4. The van der Waals surface area contributed by atoms with Gasteiger partial charge < -0.3 is 9.80 Å². The number of likely N-dealkylation sites (N-methyl/N-ethyl adjacent to an activating group) is 1. The molecule has 1 aliphatic rings. The molecule has 1 N–H and O–H groups in total. The Bertz CT molecular complexity index is 293. The molecule has 0 aromatic heterocycles. The van der Waals surface area contributed by atoms with Crippen LogP contribution in [0.4, 0.5) is 0 Å². The Morgan fingerprint density at radius 1 is 1.25 bits per heavy atom. The lowest BCUT2D eigenvalue weighted by Crippen LogP contribution is -2.43. The summed E-state index contributed by atoms with van der Waals surface area (Å²) in [4.78, 5) is 16.9. The predicted molar refractivity (Wildman–Crippen MR) is 84.6 cm³/mol. The smallest absolute Gasteiger partial charge is 0.241 e. The Morgan fingerprint density at radius 3 is 2.45 bits per heavy atom. The molecule has 2 atom stereocenters. The summed E-state index contributed by atoms with van der Waals surface area (Å²) in [6, 6.07) is 0.0278. The summed E-state index contributed by atoms with van der Waals surface area (Å²) in [5.74, 6) is 0.905. The van der Waals surface area contributed by atoms with Gasteiger partial charge in [-0.2, -0.15) is 0 Å².